The zero-order valence-electron chi connectivity index (χ0n) is 8.66. The molecule has 1 fully saturated rings. The Morgan fingerprint density at radius 1 is 1.53 bits per heavy atom. The van der Waals surface area contributed by atoms with Crippen molar-refractivity contribution in [1.29, 1.82) is 0 Å². The van der Waals surface area contributed by atoms with Crippen LogP contribution < -0.4 is 0 Å². The van der Waals surface area contributed by atoms with E-state index in [2.05, 4.69) is 24.0 Å². The summed E-state index contributed by atoms with van der Waals surface area (Å²) < 4.78 is 0.316. The number of amides is 1. The summed E-state index contributed by atoms with van der Waals surface area (Å²) in [6.07, 6.45) is 1.03. The van der Waals surface area contributed by atoms with Gasteiger partial charge in [-0.15, -0.1) is 10.2 Å². The smallest absolute Gasteiger partial charge is 0.284 e. The molecule has 2 heterocycles. The summed E-state index contributed by atoms with van der Waals surface area (Å²) >= 11 is 6.78. The van der Waals surface area contributed by atoms with Gasteiger partial charge in [-0.3, -0.25) is 4.79 Å². The first-order valence-electron chi connectivity index (χ1n) is 4.76. The van der Waals surface area contributed by atoms with Crippen molar-refractivity contribution >= 4 is 28.8 Å². The molecule has 2 rings (SSSR count). The third kappa shape index (κ3) is 2.29. The highest BCUT2D eigenvalue weighted by molar-refractivity contribution is 7.17. The summed E-state index contributed by atoms with van der Waals surface area (Å²) in [5.41, 5.74) is 0.212. The normalized spacial score (nSPS) is 19.5. The van der Waals surface area contributed by atoms with Gasteiger partial charge < -0.3 is 4.90 Å². The number of aromatic nitrogens is 2. The lowest BCUT2D eigenvalue weighted by Crippen LogP contribution is -2.30. The Hall–Kier alpha value is -0.680. The highest BCUT2D eigenvalue weighted by Gasteiger charge is 2.33. The summed E-state index contributed by atoms with van der Waals surface area (Å²) in [5.74, 6) is -0.0509. The van der Waals surface area contributed by atoms with E-state index in [1.54, 1.807) is 0 Å². The second-order valence-electron chi connectivity index (χ2n) is 4.50. The Labute approximate surface area is 97.3 Å². The molecular weight excluding hydrogens is 234 g/mol. The topological polar surface area (TPSA) is 46.1 Å². The van der Waals surface area contributed by atoms with E-state index in [-0.39, 0.29) is 11.3 Å². The molecular formula is C9H12ClN3OS. The second-order valence-corrected chi connectivity index (χ2v) is 6.06. The van der Waals surface area contributed by atoms with Crippen LogP contribution >= 0.6 is 22.9 Å². The maximum Gasteiger partial charge on any atom is 0.284 e. The molecule has 6 heteroatoms. The fraction of sp³-hybridized carbons (Fsp3) is 0.667. The molecule has 82 valence electrons. The minimum atomic E-state index is -0.0509. The maximum absolute atomic E-state index is 11.9. The van der Waals surface area contributed by atoms with Crippen LogP contribution in [0.2, 0.25) is 4.47 Å². The van der Waals surface area contributed by atoms with Crippen molar-refractivity contribution in [2.24, 2.45) is 5.41 Å². The molecule has 4 nitrogen and oxygen atoms in total. The van der Waals surface area contributed by atoms with E-state index in [4.69, 9.17) is 11.6 Å². The standard InChI is InChI=1S/C9H12ClN3OS/c1-9(2)3-4-13(5-9)7(14)6-11-12-8(10)15-6/h3-5H2,1-2H3. The van der Waals surface area contributed by atoms with Gasteiger partial charge in [0.2, 0.25) is 9.47 Å². The molecule has 0 bridgehead atoms. The number of hydrogen-bond acceptors (Lipinski definition) is 4. The third-order valence-corrected chi connectivity index (χ3v) is 3.55. The molecule has 1 amide bonds. The van der Waals surface area contributed by atoms with Gasteiger partial charge in [-0.25, -0.2) is 0 Å². The largest absolute Gasteiger partial charge is 0.336 e. The molecule has 0 spiro atoms. The Bertz CT molecular complexity index is 390. The first kappa shape index (κ1) is 10.8. The molecule has 15 heavy (non-hydrogen) atoms. The number of rotatable bonds is 1. The molecule has 0 saturated carbocycles. The van der Waals surface area contributed by atoms with E-state index in [9.17, 15) is 4.79 Å². The molecule has 0 unspecified atom stereocenters. The molecule has 0 aromatic carbocycles. The summed E-state index contributed by atoms with van der Waals surface area (Å²) in [7, 11) is 0. The van der Waals surface area contributed by atoms with Gasteiger partial charge >= 0.3 is 0 Å². The molecule has 0 atom stereocenters. The van der Waals surface area contributed by atoms with Crippen molar-refractivity contribution in [3.63, 3.8) is 0 Å². The molecule has 0 aliphatic carbocycles. The van der Waals surface area contributed by atoms with Crippen LogP contribution in [0.5, 0.6) is 0 Å². The Morgan fingerprint density at radius 2 is 2.27 bits per heavy atom. The lowest BCUT2D eigenvalue weighted by molar-refractivity contribution is 0.0777. The molecule has 1 aliphatic heterocycles. The number of hydrogen-bond donors (Lipinski definition) is 0. The van der Waals surface area contributed by atoms with E-state index in [1.165, 1.54) is 0 Å². The number of halogens is 1. The van der Waals surface area contributed by atoms with Crippen molar-refractivity contribution in [2.75, 3.05) is 13.1 Å². The molecule has 1 aliphatic rings. The van der Waals surface area contributed by atoms with Crippen LogP contribution in [0.4, 0.5) is 0 Å². The monoisotopic (exact) mass is 245 g/mol. The third-order valence-electron chi connectivity index (χ3n) is 2.55. The predicted molar refractivity (Wildman–Crippen MR) is 59.2 cm³/mol. The molecule has 1 aromatic rings. The number of nitrogens with zero attached hydrogens (tertiary/aromatic N) is 3. The Kier molecular flexibility index (Phi) is 2.68. The zero-order chi connectivity index (χ0) is 11.1. The van der Waals surface area contributed by atoms with Gasteiger partial charge in [0.05, 0.1) is 0 Å². The molecule has 1 saturated heterocycles. The highest BCUT2D eigenvalue weighted by Crippen LogP contribution is 2.30. The SMILES string of the molecule is CC1(C)CCN(C(=O)c2nnc(Cl)s2)C1. The summed E-state index contributed by atoms with van der Waals surface area (Å²) in [6.45, 7) is 5.90. The van der Waals surface area contributed by atoms with Crippen molar-refractivity contribution in [3.8, 4) is 0 Å². The van der Waals surface area contributed by atoms with Gasteiger partial charge in [-0.2, -0.15) is 0 Å². The molecule has 0 N–H and O–H groups in total. The minimum absolute atomic E-state index is 0.0509. The van der Waals surface area contributed by atoms with Crippen LogP contribution in [0.3, 0.4) is 0 Å². The van der Waals surface area contributed by atoms with Crippen LogP contribution in [0.1, 0.15) is 30.1 Å². The first-order valence-corrected chi connectivity index (χ1v) is 5.96. The van der Waals surface area contributed by atoms with E-state index in [0.29, 0.717) is 9.47 Å². The first-order chi connectivity index (χ1) is 6.98. The lowest BCUT2D eigenvalue weighted by atomic mass is 9.93. The van der Waals surface area contributed by atoms with Crippen molar-refractivity contribution in [2.45, 2.75) is 20.3 Å². The summed E-state index contributed by atoms with van der Waals surface area (Å²) in [4.78, 5) is 13.7. The lowest BCUT2D eigenvalue weighted by Gasteiger charge is -2.18. The average molecular weight is 246 g/mol. The fourth-order valence-corrected chi connectivity index (χ4v) is 2.51. The van der Waals surface area contributed by atoms with Gasteiger partial charge in [-0.05, 0) is 23.4 Å². The predicted octanol–water partition coefficient (Wildman–Crippen LogP) is 2.06. The van der Waals surface area contributed by atoms with Crippen molar-refractivity contribution in [1.82, 2.24) is 15.1 Å². The fourth-order valence-electron chi connectivity index (χ4n) is 1.71. The quantitative estimate of drug-likeness (QED) is 0.761. The maximum atomic E-state index is 11.9. The Balaban J connectivity index is 2.10. The van der Waals surface area contributed by atoms with Crippen molar-refractivity contribution in [3.05, 3.63) is 9.47 Å². The van der Waals surface area contributed by atoms with Gasteiger partial charge in [0.1, 0.15) is 0 Å². The summed E-state index contributed by atoms with van der Waals surface area (Å²) in [5, 5.41) is 7.77. The van der Waals surface area contributed by atoms with Crippen LogP contribution in [0, 0.1) is 5.41 Å². The number of carbonyl (C=O) groups is 1. The average Bonchev–Trinajstić information content (AvgIpc) is 2.71. The zero-order valence-corrected chi connectivity index (χ0v) is 10.2. The van der Waals surface area contributed by atoms with E-state index >= 15 is 0 Å². The minimum Gasteiger partial charge on any atom is -0.336 e. The highest BCUT2D eigenvalue weighted by atomic mass is 35.5. The van der Waals surface area contributed by atoms with Gasteiger partial charge in [0, 0.05) is 13.1 Å². The van der Waals surface area contributed by atoms with Gasteiger partial charge in [0.15, 0.2) is 0 Å². The van der Waals surface area contributed by atoms with E-state index in [0.717, 1.165) is 30.8 Å². The van der Waals surface area contributed by atoms with Crippen LogP contribution in [0.25, 0.3) is 0 Å². The number of likely N-dealkylation sites (tertiary alicyclic amines) is 1. The van der Waals surface area contributed by atoms with Gasteiger partial charge in [-0.1, -0.05) is 25.2 Å². The van der Waals surface area contributed by atoms with Crippen LogP contribution in [-0.2, 0) is 0 Å². The Morgan fingerprint density at radius 3 is 2.73 bits per heavy atom. The van der Waals surface area contributed by atoms with Crippen LogP contribution in [0.15, 0.2) is 0 Å². The second kappa shape index (κ2) is 3.72. The molecule has 1 aromatic heterocycles. The number of carbonyl (C=O) groups excluding carboxylic acids is 1. The van der Waals surface area contributed by atoms with E-state index in [1.807, 2.05) is 4.90 Å². The molecule has 0 radical (unpaired) electrons. The summed E-state index contributed by atoms with van der Waals surface area (Å²) in [6, 6.07) is 0. The van der Waals surface area contributed by atoms with Gasteiger partial charge in [0.25, 0.3) is 5.91 Å². The van der Waals surface area contributed by atoms with Crippen molar-refractivity contribution < 1.29 is 4.79 Å². The van der Waals surface area contributed by atoms with E-state index < -0.39 is 0 Å². The van der Waals surface area contributed by atoms with Crippen LogP contribution in [-0.4, -0.2) is 34.1 Å².